The van der Waals surface area contributed by atoms with Gasteiger partial charge in [-0.3, -0.25) is 9.59 Å². The molecular formula is C25H20ClN3O5. The van der Waals surface area contributed by atoms with Crippen LogP contribution in [0.2, 0.25) is 5.02 Å². The molecule has 3 aromatic carbocycles. The highest BCUT2D eigenvalue weighted by atomic mass is 35.5. The average Bonchev–Trinajstić information content (AvgIpc) is 3.30. The fourth-order valence-electron chi connectivity index (χ4n) is 3.12. The molecule has 1 amide bonds. The number of anilines is 1. The van der Waals surface area contributed by atoms with Gasteiger partial charge in [0.15, 0.2) is 18.2 Å². The second kappa shape index (κ2) is 10.6. The molecule has 0 aliphatic heterocycles. The van der Waals surface area contributed by atoms with Crippen LogP contribution in [-0.2, 0) is 17.8 Å². The third kappa shape index (κ3) is 5.79. The van der Waals surface area contributed by atoms with Gasteiger partial charge in [-0.15, -0.1) is 0 Å². The number of carbonyl (C=O) groups excluding carboxylic acids is 2. The standard InChI is InChI=1S/C25H20ClN3O5/c1-32-21-5-3-2-4-20(21)27-23(30)14-22-28-24(34-29-22)15-33-19-12-8-17(9-13-19)25(31)16-6-10-18(26)11-7-16/h2-13H,14-15H2,1H3,(H,27,30). The van der Waals surface area contributed by atoms with E-state index in [1.807, 2.05) is 6.07 Å². The Balaban J connectivity index is 1.30. The van der Waals surface area contributed by atoms with Crippen LogP contribution in [-0.4, -0.2) is 28.9 Å². The van der Waals surface area contributed by atoms with Gasteiger partial charge in [-0.1, -0.05) is 28.9 Å². The molecular weight excluding hydrogens is 458 g/mol. The summed E-state index contributed by atoms with van der Waals surface area (Å²) in [7, 11) is 1.53. The van der Waals surface area contributed by atoms with E-state index in [0.717, 1.165) is 0 Å². The second-order valence-electron chi connectivity index (χ2n) is 7.18. The zero-order valence-electron chi connectivity index (χ0n) is 18.2. The molecule has 0 unspecified atom stereocenters. The minimum atomic E-state index is -0.307. The zero-order chi connectivity index (χ0) is 23.9. The lowest BCUT2D eigenvalue weighted by Crippen LogP contribution is -2.15. The number of rotatable bonds is 9. The average molecular weight is 478 g/mol. The first-order chi connectivity index (χ1) is 16.5. The second-order valence-corrected chi connectivity index (χ2v) is 7.62. The number of hydrogen-bond acceptors (Lipinski definition) is 7. The lowest BCUT2D eigenvalue weighted by atomic mass is 10.0. The molecule has 34 heavy (non-hydrogen) atoms. The van der Waals surface area contributed by atoms with E-state index in [4.69, 9.17) is 25.6 Å². The molecule has 0 aliphatic carbocycles. The van der Waals surface area contributed by atoms with E-state index < -0.39 is 0 Å². The van der Waals surface area contributed by atoms with Crippen LogP contribution in [0.25, 0.3) is 0 Å². The third-order valence-corrected chi connectivity index (χ3v) is 5.05. The highest BCUT2D eigenvalue weighted by Crippen LogP contribution is 2.23. The number of aromatic nitrogens is 2. The number of nitrogens with one attached hydrogen (secondary N) is 1. The quantitative estimate of drug-likeness (QED) is 0.348. The van der Waals surface area contributed by atoms with Crippen LogP contribution >= 0.6 is 11.6 Å². The summed E-state index contributed by atoms with van der Waals surface area (Å²) in [5.41, 5.74) is 1.63. The lowest BCUT2D eigenvalue weighted by molar-refractivity contribution is -0.115. The number of halogens is 1. The summed E-state index contributed by atoms with van der Waals surface area (Å²) in [5.74, 6) is 1.12. The molecule has 0 bridgehead atoms. The number of methoxy groups -OCH3 is 1. The Morgan fingerprint density at radius 3 is 2.35 bits per heavy atom. The first kappa shape index (κ1) is 23.0. The maximum absolute atomic E-state index is 12.5. The molecule has 8 nitrogen and oxygen atoms in total. The van der Waals surface area contributed by atoms with Gasteiger partial charge >= 0.3 is 0 Å². The Bertz CT molecular complexity index is 1290. The predicted octanol–water partition coefficient (Wildman–Crippen LogP) is 4.72. The molecule has 4 rings (SSSR count). The molecule has 0 aliphatic rings. The van der Waals surface area contributed by atoms with E-state index in [2.05, 4.69) is 15.5 Å². The van der Waals surface area contributed by atoms with Crippen molar-refractivity contribution in [3.8, 4) is 11.5 Å². The first-order valence-corrected chi connectivity index (χ1v) is 10.7. The summed E-state index contributed by atoms with van der Waals surface area (Å²) < 4.78 is 16.0. The van der Waals surface area contributed by atoms with Gasteiger partial charge in [-0.05, 0) is 60.7 Å². The van der Waals surface area contributed by atoms with E-state index in [-0.39, 0.29) is 36.4 Å². The summed E-state index contributed by atoms with van der Waals surface area (Å²) in [5, 5.41) is 7.14. The minimum absolute atomic E-state index is 0.0194. The van der Waals surface area contributed by atoms with Gasteiger partial charge in [-0.25, -0.2) is 0 Å². The van der Waals surface area contributed by atoms with E-state index in [9.17, 15) is 9.59 Å². The Kier molecular flexibility index (Phi) is 7.19. The van der Waals surface area contributed by atoms with Gasteiger partial charge in [0.05, 0.1) is 19.2 Å². The smallest absolute Gasteiger partial charge is 0.264 e. The highest BCUT2D eigenvalue weighted by Gasteiger charge is 2.14. The van der Waals surface area contributed by atoms with E-state index in [1.54, 1.807) is 66.7 Å². The van der Waals surface area contributed by atoms with Crippen molar-refractivity contribution in [2.24, 2.45) is 0 Å². The van der Waals surface area contributed by atoms with Crippen molar-refractivity contribution in [1.29, 1.82) is 0 Å². The van der Waals surface area contributed by atoms with Gasteiger partial charge in [0.2, 0.25) is 5.91 Å². The molecule has 0 spiro atoms. The fourth-order valence-corrected chi connectivity index (χ4v) is 3.25. The topological polar surface area (TPSA) is 104 Å². The Labute approximate surface area is 200 Å². The summed E-state index contributed by atoms with van der Waals surface area (Å²) in [6.07, 6.45) is -0.0664. The van der Waals surface area contributed by atoms with Gasteiger partial charge < -0.3 is 19.3 Å². The van der Waals surface area contributed by atoms with Crippen LogP contribution in [0.5, 0.6) is 11.5 Å². The number of hydrogen-bond donors (Lipinski definition) is 1. The molecule has 4 aromatic rings. The highest BCUT2D eigenvalue weighted by molar-refractivity contribution is 6.30. The van der Waals surface area contributed by atoms with Gasteiger partial charge in [-0.2, -0.15) is 4.98 Å². The molecule has 1 N–H and O–H groups in total. The summed E-state index contributed by atoms with van der Waals surface area (Å²) in [6.45, 7) is 0.0194. The van der Waals surface area contributed by atoms with Crippen LogP contribution in [0.3, 0.4) is 0 Å². The number of para-hydroxylation sites is 2. The van der Waals surface area contributed by atoms with Crippen LogP contribution in [0.15, 0.2) is 77.3 Å². The number of carbonyl (C=O) groups is 2. The van der Waals surface area contributed by atoms with Crippen molar-refractivity contribution < 1.29 is 23.6 Å². The SMILES string of the molecule is COc1ccccc1NC(=O)Cc1noc(COc2ccc(C(=O)c3ccc(Cl)cc3)cc2)n1. The Morgan fingerprint density at radius 1 is 0.971 bits per heavy atom. The molecule has 0 atom stereocenters. The van der Waals surface area contributed by atoms with E-state index in [0.29, 0.717) is 33.3 Å². The largest absolute Gasteiger partial charge is 0.495 e. The maximum atomic E-state index is 12.5. The summed E-state index contributed by atoms with van der Waals surface area (Å²) >= 11 is 5.87. The van der Waals surface area contributed by atoms with Gasteiger partial charge in [0.1, 0.15) is 11.5 Å². The van der Waals surface area contributed by atoms with Crippen LogP contribution in [0, 0.1) is 0 Å². The predicted molar refractivity (Wildman–Crippen MR) is 125 cm³/mol. The molecule has 1 heterocycles. The molecule has 0 radical (unpaired) electrons. The first-order valence-electron chi connectivity index (χ1n) is 10.3. The number of benzene rings is 3. The minimum Gasteiger partial charge on any atom is -0.495 e. The molecule has 9 heteroatoms. The van der Waals surface area contributed by atoms with Crippen molar-refractivity contribution in [1.82, 2.24) is 10.1 Å². The third-order valence-electron chi connectivity index (χ3n) is 4.80. The van der Waals surface area contributed by atoms with Gasteiger partial charge in [0, 0.05) is 16.1 Å². The summed E-state index contributed by atoms with van der Waals surface area (Å²) in [4.78, 5) is 29.0. The van der Waals surface area contributed by atoms with E-state index >= 15 is 0 Å². The van der Waals surface area contributed by atoms with Crippen molar-refractivity contribution in [3.05, 3.63) is 101 Å². The molecule has 0 saturated carbocycles. The van der Waals surface area contributed by atoms with Crippen LogP contribution in [0.4, 0.5) is 5.69 Å². The normalized spacial score (nSPS) is 10.5. The van der Waals surface area contributed by atoms with Crippen molar-refractivity contribution >= 4 is 29.0 Å². The fraction of sp³-hybridized carbons (Fsp3) is 0.120. The van der Waals surface area contributed by atoms with Crippen molar-refractivity contribution in [2.45, 2.75) is 13.0 Å². The number of nitrogens with zero attached hydrogens (tertiary/aromatic N) is 2. The maximum Gasteiger partial charge on any atom is 0.264 e. The Hall–Kier alpha value is -4.17. The van der Waals surface area contributed by atoms with E-state index in [1.165, 1.54) is 7.11 Å². The molecule has 0 saturated heterocycles. The van der Waals surface area contributed by atoms with Crippen LogP contribution in [0.1, 0.15) is 27.6 Å². The number of ether oxygens (including phenoxy) is 2. The molecule has 1 aromatic heterocycles. The van der Waals surface area contributed by atoms with Gasteiger partial charge in [0.25, 0.3) is 5.89 Å². The number of ketones is 1. The molecule has 172 valence electrons. The van der Waals surface area contributed by atoms with Crippen molar-refractivity contribution in [2.75, 3.05) is 12.4 Å². The molecule has 0 fully saturated rings. The lowest BCUT2D eigenvalue weighted by Gasteiger charge is -2.08. The monoisotopic (exact) mass is 477 g/mol. The summed E-state index contributed by atoms with van der Waals surface area (Å²) in [6, 6.07) is 20.5. The number of amides is 1. The zero-order valence-corrected chi connectivity index (χ0v) is 18.9. The Morgan fingerprint density at radius 2 is 1.65 bits per heavy atom. The van der Waals surface area contributed by atoms with Crippen molar-refractivity contribution in [3.63, 3.8) is 0 Å². The van der Waals surface area contributed by atoms with Crippen LogP contribution < -0.4 is 14.8 Å².